The Bertz CT molecular complexity index is 1090. The van der Waals surface area contributed by atoms with Crippen molar-refractivity contribution in [3.63, 3.8) is 0 Å². The molecule has 2 aromatic carbocycles. The summed E-state index contributed by atoms with van der Waals surface area (Å²) in [6, 6.07) is 12.8. The summed E-state index contributed by atoms with van der Waals surface area (Å²) in [6.07, 6.45) is 0.887. The zero-order valence-corrected chi connectivity index (χ0v) is 18.0. The van der Waals surface area contributed by atoms with Crippen molar-refractivity contribution in [2.75, 3.05) is 57.8 Å². The van der Waals surface area contributed by atoms with Crippen LogP contribution in [0.1, 0.15) is 10.4 Å². The second kappa shape index (κ2) is 8.07. The first-order valence-electron chi connectivity index (χ1n) is 10.5. The van der Waals surface area contributed by atoms with Crippen LogP contribution in [0.5, 0.6) is 0 Å². The maximum absolute atomic E-state index is 12.9. The van der Waals surface area contributed by atoms with Gasteiger partial charge in [0.05, 0.1) is 18.8 Å². The Morgan fingerprint density at radius 2 is 1.90 bits per heavy atom. The Kier molecular flexibility index (Phi) is 5.28. The van der Waals surface area contributed by atoms with E-state index >= 15 is 0 Å². The maximum Gasteiger partial charge on any atom is 0.242 e. The molecule has 0 radical (unpaired) electrons. The number of hydrogen-bond acceptors (Lipinski definition) is 6. The van der Waals surface area contributed by atoms with Gasteiger partial charge >= 0.3 is 0 Å². The van der Waals surface area contributed by atoms with Crippen molar-refractivity contribution in [2.24, 2.45) is 0 Å². The molecular weight excluding hydrogens is 396 g/mol. The molecule has 1 saturated heterocycles. The highest BCUT2D eigenvalue weighted by Gasteiger charge is 2.28. The Labute approximate surface area is 180 Å². The van der Waals surface area contributed by atoms with E-state index in [4.69, 9.17) is 10.1 Å². The minimum absolute atomic E-state index is 0.0803. The largest absolute Gasteiger partial charge is 0.395 e. The Morgan fingerprint density at radius 1 is 1.13 bits per heavy atom. The highest BCUT2D eigenvalue weighted by Crippen LogP contribution is 2.44. The van der Waals surface area contributed by atoms with Gasteiger partial charge in [-0.1, -0.05) is 36.4 Å². The van der Waals surface area contributed by atoms with E-state index < -0.39 is 0 Å². The number of hydrogen-bond donors (Lipinski definition) is 1. The number of anilines is 1. The zero-order chi connectivity index (χ0) is 20.7. The number of benzene rings is 2. The van der Waals surface area contributed by atoms with Gasteiger partial charge in [0.1, 0.15) is 0 Å². The number of carbonyl (C=O) groups excluding carboxylic acids is 1. The van der Waals surface area contributed by atoms with Crippen LogP contribution in [0, 0.1) is 0 Å². The summed E-state index contributed by atoms with van der Waals surface area (Å²) in [6.45, 7) is 4.82. The number of piperazine rings is 1. The van der Waals surface area contributed by atoms with E-state index in [9.17, 15) is 4.79 Å². The summed E-state index contributed by atoms with van der Waals surface area (Å²) in [7, 11) is 1.83. The highest BCUT2D eigenvalue weighted by atomic mass is 32.1. The normalized spacial score (nSPS) is 16.6. The average molecular weight is 423 g/mol. The number of rotatable bonds is 5. The molecule has 5 rings (SSSR count). The standard InChI is InChI=1S/C23H26N4O2S/c1-25(21(29)15-27-10-8-26(9-11-27)12-13-28)23-24-22-18-7-6-16-4-2-3-5-17(16)19(18)14-20(22)30-23/h2-7,28H,8-15H2,1H3. The van der Waals surface area contributed by atoms with Gasteiger partial charge in [-0.2, -0.15) is 0 Å². The van der Waals surface area contributed by atoms with Crippen LogP contribution in [-0.4, -0.2) is 78.7 Å². The summed E-state index contributed by atoms with van der Waals surface area (Å²) in [5, 5.41) is 12.4. The fraction of sp³-hybridized carbons (Fsp3) is 0.391. The number of thiazole rings is 1. The SMILES string of the molecule is CN(C(=O)CN1CCN(CCO)CC1)c1nc2c(s1)Cc1c-2ccc2ccccc12. The van der Waals surface area contributed by atoms with E-state index in [-0.39, 0.29) is 12.5 Å². The smallest absolute Gasteiger partial charge is 0.242 e. The monoisotopic (exact) mass is 422 g/mol. The molecule has 30 heavy (non-hydrogen) atoms. The van der Waals surface area contributed by atoms with Crippen molar-refractivity contribution < 1.29 is 9.90 Å². The molecule has 1 aliphatic carbocycles. The number of fused-ring (bicyclic) bond motifs is 5. The first kappa shape index (κ1) is 19.6. The molecule has 0 atom stereocenters. The lowest BCUT2D eigenvalue weighted by Crippen LogP contribution is -2.50. The van der Waals surface area contributed by atoms with E-state index in [1.54, 1.807) is 16.2 Å². The van der Waals surface area contributed by atoms with Gasteiger partial charge in [-0.25, -0.2) is 4.98 Å². The lowest BCUT2D eigenvalue weighted by molar-refractivity contribution is -0.119. The Hall–Kier alpha value is -2.32. The van der Waals surface area contributed by atoms with Gasteiger partial charge in [0.2, 0.25) is 5.91 Å². The molecule has 0 bridgehead atoms. The molecule has 2 aliphatic rings. The number of amides is 1. The van der Waals surface area contributed by atoms with E-state index in [0.717, 1.165) is 43.4 Å². The number of β-amino-alcohol motifs (C(OH)–C–C–N with tert-alkyl or cyclic N) is 1. The van der Waals surface area contributed by atoms with E-state index in [1.807, 2.05) is 7.05 Å². The van der Waals surface area contributed by atoms with Crippen LogP contribution >= 0.6 is 11.3 Å². The fourth-order valence-electron chi connectivity index (χ4n) is 4.44. The Balaban J connectivity index is 1.29. The third-order valence-electron chi connectivity index (χ3n) is 6.22. The van der Waals surface area contributed by atoms with E-state index in [0.29, 0.717) is 13.1 Å². The summed E-state index contributed by atoms with van der Waals surface area (Å²) in [5.41, 5.74) is 3.59. The number of nitrogens with zero attached hydrogens (tertiary/aromatic N) is 4. The van der Waals surface area contributed by atoms with Crippen LogP contribution < -0.4 is 4.90 Å². The van der Waals surface area contributed by atoms with Crippen molar-refractivity contribution in [1.82, 2.24) is 14.8 Å². The Morgan fingerprint density at radius 3 is 2.70 bits per heavy atom. The molecule has 0 saturated carbocycles. The predicted molar refractivity (Wildman–Crippen MR) is 121 cm³/mol. The lowest BCUT2D eigenvalue weighted by atomic mass is 10.0. The second-order valence-electron chi connectivity index (χ2n) is 8.05. The molecule has 1 amide bonds. The van der Waals surface area contributed by atoms with Gasteiger partial charge in [-0.05, 0) is 16.3 Å². The van der Waals surface area contributed by atoms with Gasteiger partial charge in [0.25, 0.3) is 0 Å². The molecule has 3 aromatic rings. The first-order valence-corrected chi connectivity index (χ1v) is 11.3. The molecular formula is C23H26N4O2S. The van der Waals surface area contributed by atoms with E-state index in [2.05, 4.69) is 46.2 Å². The fourth-order valence-corrected chi connectivity index (χ4v) is 5.50. The van der Waals surface area contributed by atoms with Gasteiger partial charge in [-0.3, -0.25) is 19.5 Å². The number of aromatic nitrogens is 1. The zero-order valence-electron chi connectivity index (χ0n) is 17.2. The van der Waals surface area contributed by atoms with Crippen LogP contribution in [0.4, 0.5) is 5.13 Å². The number of aliphatic hydroxyl groups excluding tert-OH is 1. The van der Waals surface area contributed by atoms with Gasteiger partial charge in [0.15, 0.2) is 5.13 Å². The van der Waals surface area contributed by atoms with Gasteiger partial charge in [0, 0.05) is 56.6 Å². The summed E-state index contributed by atoms with van der Waals surface area (Å²) in [5.74, 6) is 0.0803. The van der Waals surface area contributed by atoms with Crippen LogP contribution in [0.25, 0.3) is 22.0 Å². The third-order valence-corrected chi connectivity index (χ3v) is 7.35. The van der Waals surface area contributed by atoms with Crippen LogP contribution in [0.15, 0.2) is 36.4 Å². The minimum atomic E-state index is 0.0803. The summed E-state index contributed by atoms with van der Waals surface area (Å²) in [4.78, 5) is 25.1. The lowest BCUT2D eigenvalue weighted by Gasteiger charge is -2.34. The van der Waals surface area contributed by atoms with Crippen molar-refractivity contribution in [1.29, 1.82) is 0 Å². The van der Waals surface area contributed by atoms with Crippen LogP contribution in [0.2, 0.25) is 0 Å². The van der Waals surface area contributed by atoms with Crippen LogP contribution in [-0.2, 0) is 11.2 Å². The maximum atomic E-state index is 12.9. The highest BCUT2D eigenvalue weighted by molar-refractivity contribution is 7.16. The molecule has 0 spiro atoms. The molecule has 1 aliphatic heterocycles. The van der Waals surface area contributed by atoms with Crippen molar-refractivity contribution in [3.8, 4) is 11.3 Å². The molecule has 6 nitrogen and oxygen atoms in total. The predicted octanol–water partition coefficient (Wildman–Crippen LogP) is 2.44. The molecule has 1 aromatic heterocycles. The molecule has 156 valence electrons. The topological polar surface area (TPSA) is 59.9 Å². The van der Waals surface area contributed by atoms with Crippen molar-refractivity contribution in [2.45, 2.75) is 6.42 Å². The van der Waals surface area contributed by atoms with Crippen molar-refractivity contribution >= 4 is 33.1 Å². The van der Waals surface area contributed by atoms with Gasteiger partial charge in [-0.15, -0.1) is 11.3 Å². The number of carbonyl (C=O) groups is 1. The molecule has 0 unspecified atom stereocenters. The van der Waals surface area contributed by atoms with Crippen molar-refractivity contribution in [3.05, 3.63) is 46.8 Å². The third kappa shape index (κ3) is 3.52. The minimum Gasteiger partial charge on any atom is -0.395 e. The summed E-state index contributed by atoms with van der Waals surface area (Å²) >= 11 is 1.63. The van der Waals surface area contributed by atoms with Gasteiger partial charge < -0.3 is 5.11 Å². The summed E-state index contributed by atoms with van der Waals surface area (Å²) < 4.78 is 0. The molecule has 2 heterocycles. The number of likely N-dealkylation sites (N-methyl/N-ethyl adjacent to an activating group) is 1. The molecule has 1 N–H and O–H groups in total. The number of aliphatic hydroxyl groups is 1. The molecule has 1 fully saturated rings. The quantitative estimate of drug-likeness (QED) is 0.535. The average Bonchev–Trinajstić information content (AvgIpc) is 3.33. The molecule has 7 heteroatoms. The second-order valence-corrected chi connectivity index (χ2v) is 9.11. The van der Waals surface area contributed by atoms with E-state index in [1.165, 1.54) is 26.8 Å². The van der Waals surface area contributed by atoms with Crippen LogP contribution in [0.3, 0.4) is 0 Å². The first-order chi connectivity index (χ1) is 14.6.